The van der Waals surface area contributed by atoms with Gasteiger partial charge in [0.05, 0.1) is 0 Å². The van der Waals surface area contributed by atoms with Gasteiger partial charge in [0.2, 0.25) is 0 Å². The first kappa shape index (κ1) is 10.4. The number of benzene rings is 1. The highest BCUT2D eigenvalue weighted by Crippen LogP contribution is 2.30. The monoisotopic (exact) mass is 199 g/mol. The molecule has 0 radical (unpaired) electrons. The van der Waals surface area contributed by atoms with Gasteiger partial charge >= 0.3 is 0 Å². The normalized spacial score (nSPS) is 10.5. The molecule has 0 saturated heterocycles. The predicted octanol–water partition coefficient (Wildman–Crippen LogP) is 2.38. The van der Waals surface area contributed by atoms with Crippen LogP contribution in [0.1, 0.15) is 16.7 Å². The number of hydrogen-bond donors (Lipinski definition) is 2. The van der Waals surface area contributed by atoms with Crippen molar-refractivity contribution in [2.75, 3.05) is 7.05 Å². The van der Waals surface area contributed by atoms with E-state index in [2.05, 4.69) is 5.32 Å². The summed E-state index contributed by atoms with van der Waals surface area (Å²) in [4.78, 5) is 0. The van der Waals surface area contributed by atoms with Crippen LogP contribution in [0.3, 0.4) is 0 Å². The maximum absolute atomic E-state index is 9.74. The summed E-state index contributed by atoms with van der Waals surface area (Å²) < 4.78 is 0. The van der Waals surface area contributed by atoms with Crippen LogP contribution in [-0.2, 0) is 6.54 Å². The smallest absolute Gasteiger partial charge is 0.123 e. The molecule has 0 aliphatic carbocycles. The Balaban J connectivity index is 3.24. The lowest BCUT2D eigenvalue weighted by Crippen LogP contribution is -2.06. The van der Waals surface area contributed by atoms with Crippen molar-refractivity contribution >= 4 is 11.6 Å². The molecule has 13 heavy (non-hydrogen) atoms. The highest BCUT2D eigenvalue weighted by molar-refractivity contribution is 6.31. The molecule has 0 heterocycles. The van der Waals surface area contributed by atoms with Crippen molar-refractivity contribution in [3.8, 4) is 5.75 Å². The SMILES string of the molecule is CNCc1cc(Cl)c(C)c(C)c1O. The minimum Gasteiger partial charge on any atom is -0.507 e. The van der Waals surface area contributed by atoms with Gasteiger partial charge in [0.1, 0.15) is 5.75 Å². The molecule has 0 bridgehead atoms. The molecule has 0 aliphatic rings. The Labute approximate surface area is 83.5 Å². The molecule has 1 aromatic rings. The fraction of sp³-hybridized carbons (Fsp3) is 0.400. The van der Waals surface area contributed by atoms with E-state index in [1.165, 1.54) is 0 Å². The molecule has 1 rings (SSSR count). The number of phenols is 1. The first-order valence-corrected chi connectivity index (χ1v) is 4.58. The third kappa shape index (κ3) is 1.95. The third-order valence-corrected chi connectivity index (χ3v) is 2.64. The van der Waals surface area contributed by atoms with Crippen LogP contribution in [0.5, 0.6) is 5.75 Å². The van der Waals surface area contributed by atoms with Crippen LogP contribution in [0.15, 0.2) is 6.07 Å². The Morgan fingerprint density at radius 3 is 2.54 bits per heavy atom. The largest absolute Gasteiger partial charge is 0.507 e. The Kier molecular flexibility index (Phi) is 3.17. The molecule has 0 saturated carbocycles. The number of phenolic OH excluding ortho intramolecular Hbond substituents is 1. The summed E-state index contributed by atoms with van der Waals surface area (Å²) in [5.74, 6) is 0.344. The zero-order valence-corrected chi connectivity index (χ0v) is 8.87. The zero-order chi connectivity index (χ0) is 10.0. The van der Waals surface area contributed by atoms with Crippen LogP contribution < -0.4 is 5.32 Å². The molecule has 0 amide bonds. The fourth-order valence-electron chi connectivity index (χ4n) is 1.25. The molecule has 72 valence electrons. The third-order valence-electron chi connectivity index (χ3n) is 2.25. The quantitative estimate of drug-likeness (QED) is 0.767. The lowest BCUT2D eigenvalue weighted by molar-refractivity contribution is 0.461. The van der Waals surface area contributed by atoms with Gasteiger partial charge in [0.25, 0.3) is 0 Å². The van der Waals surface area contributed by atoms with Gasteiger partial charge in [-0.25, -0.2) is 0 Å². The maximum atomic E-state index is 9.74. The first-order valence-electron chi connectivity index (χ1n) is 4.20. The number of nitrogens with one attached hydrogen (secondary N) is 1. The van der Waals surface area contributed by atoms with E-state index in [0.717, 1.165) is 16.7 Å². The summed E-state index contributed by atoms with van der Waals surface area (Å²) >= 11 is 5.99. The van der Waals surface area contributed by atoms with Crippen molar-refractivity contribution in [2.45, 2.75) is 20.4 Å². The van der Waals surface area contributed by atoms with Gasteiger partial charge in [-0.1, -0.05) is 11.6 Å². The van der Waals surface area contributed by atoms with E-state index in [-0.39, 0.29) is 0 Å². The molecule has 0 spiro atoms. The number of hydrogen-bond acceptors (Lipinski definition) is 2. The van der Waals surface area contributed by atoms with Crippen molar-refractivity contribution < 1.29 is 5.11 Å². The van der Waals surface area contributed by atoms with Crippen molar-refractivity contribution in [3.63, 3.8) is 0 Å². The molecule has 3 heteroatoms. The molecule has 1 aromatic carbocycles. The molecular weight excluding hydrogens is 186 g/mol. The van der Waals surface area contributed by atoms with Crippen LogP contribution in [0.4, 0.5) is 0 Å². The first-order chi connectivity index (χ1) is 6.07. The summed E-state index contributed by atoms with van der Waals surface area (Å²) in [6.07, 6.45) is 0. The molecule has 0 atom stereocenters. The standard InChI is InChI=1S/C10H14ClNO/c1-6-7(2)10(13)8(5-12-3)4-9(6)11/h4,12-13H,5H2,1-3H3. The lowest BCUT2D eigenvalue weighted by Gasteiger charge is -2.10. The van der Waals surface area contributed by atoms with E-state index in [1.807, 2.05) is 20.9 Å². The average molecular weight is 200 g/mol. The van der Waals surface area contributed by atoms with Gasteiger partial charge in [0, 0.05) is 17.1 Å². The van der Waals surface area contributed by atoms with Crippen molar-refractivity contribution in [2.24, 2.45) is 0 Å². The molecule has 0 unspecified atom stereocenters. The molecular formula is C10H14ClNO. The molecule has 2 nitrogen and oxygen atoms in total. The Hall–Kier alpha value is -0.730. The number of halogens is 1. The van der Waals surface area contributed by atoms with Crippen molar-refractivity contribution in [1.29, 1.82) is 0 Å². The predicted molar refractivity (Wildman–Crippen MR) is 55.4 cm³/mol. The van der Waals surface area contributed by atoms with Crippen LogP contribution in [0.2, 0.25) is 5.02 Å². The van der Waals surface area contributed by atoms with E-state index in [9.17, 15) is 5.11 Å². The average Bonchev–Trinajstić information content (AvgIpc) is 2.11. The van der Waals surface area contributed by atoms with Crippen LogP contribution in [0.25, 0.3) is 0 Å². The van der Waals surface area contributed by atoms with E-state index in [0.29, 0.717) is 17.3 Å². The second-order valence-electron chi connectivity index (χ2n) is 3.15. The summed E-state index contributed by atoms with van der Waals surface area (Å²) in [5.41, 5.74) is 2.65. The zero-order valence-electron chi connectivity index (χ0n) is 8.11. The minimum absolute atomic E-state index is 0.344. The van der Waals surface area contributed by atoms with Crippen LogP contribution >= 0.6 is 11.6 Å². The Morgan fingerprint density at radius 1 is 1.38 bits per heavy atom. The fourth-order valence-corrected chi connectivity index (χ4v) is 1.53. The molecule has 0 aliphatic heterocycles. The van der Waals surface area contributed by atoms with Crippen molar-refractivity contribution in [3.05, 3.63) is 27.8 Å². The van der Waals surface area contributed by atoms with Gasteiger partial charge in [-0.3, -0.25) is 0 Å². The Morgan fingerprint density at radius 2 is 2.00 bits per heavy atom. The maximum Gasteiger partial charge on any atom is 0.123 e. The van der Waals surface area contributed by atoms with Gasteiger partial charge < -0.3 is 10.4 Å². The highest BCUT2D eigenvalue weighted by atomic mass is 35.5. The number of aromatic hydroxyl groups is 1. The molecule has 0 fully saturated rings. The van der Waals surface area contributed by atoms with E-state index >= 15 is 0 Å². The summed E-state index contributed by atoms with van der Waals surface area (Å²) in [5, 5.41) is 13.4. The highest BCUT2D eigenvalue weighted by Gasteiger charge is 2.09. The summed E-state index contributed by atoms with van der Waals surface area (Å²) in [7, 11) is 1.84. The number of rotatable bonds is 2. The van der Waals surface area contributed by atoms with Gasteiger partial charge in [-0.05, 0) is 38.1 Å². The van der Waals surface area contributed by atoms with Gasteiger partial charge in [-0.15, -0.1) is 0 Å². The van der Waals surface area contributed by atoms with E-state index < -0.39 is 0 Å². The summed E-state index contributed by atoms with van der Waals surface area (Å²) in [6, 6.07) is 1.80. The topological polar surface area (TPSA) is 32.3 Å². The minimum atomic E-state index is 0.344. The van der Waals surface area contributed by atoms with Crippen LogP contribution in [0, 0.1) is 13.8 Å². The van der Waals surface area contributed by atoms with Crippen molar-refractivity contribution in [1.82, 2.24) is 5.32 Å². The van der Waals surface area contributed by atoms with Gasteiger partial charge in [0.15, 0.2) is 0 Å². The second-order valence-corrected chi connectivity index (χ2v) is 3.55. The van der Waals surface area contributed by atoms with Crippen LogP contribution in [-0.4, -0.2) is 12.2 Å². The lowest BCUT2D eigenvalue weighted by atomic mass is 10.0. The Bertz CT molecular complexity index is 323. The second kappa shape index (κ2) is 3.99. The van der Waals surface area contributed by atoms with E-state index in [1.54, 1.807) is 6.07 Å². The molecule has 2 N–H and O–H groups in total. The van der Waals surface area contributed by atoms with Gasteiger partial charge in [-0.2, -0.15) is 0 Å². The van der Waals surface area contributed by atoms with E-state index in [4.69, 9.17) is 11.6 Å². The molecule has 0 aromatic heterocycles. The summed E-state index contributed by atoms with van der Waals surface area (Å²) in [6.45, 7) is 4.41.